The van der Waals surface area contributed by atoms with Gasteiger partial charge in [-0.2, -0.15) is 0 Å². The summed E-state index contributed by atoms with van der Waals surface area (Å²) in [6.07, 6.45) is -0.440. The topological polar surface area (TPSA) is 52.6 Å². The van der Waals surface area contributed by atoms with Crippen LogP contribution in [-0.4, -0.2) is 37.3 Å². The Labute approximate surface area is 128 Å². The highest BCUT2D eigenvalue weighted by molar-refractivity contribution is 5.81. The molecule has 4 heteroatoms. The summed E-state index contributed by atoms with van der Waals surface area (Å²) in [5.41, 5.74) is 0.670. The SMILES string of the molecule is CC(C)C(O)C(C)(C)CNC(=O)CN(C)c1ccccc1. The van der Waals surface area contributed by atoms with Crippen molar-refractivity contribution in [2.75, 3.05) is 25.0 Å². The molecule has 0 radical (unpaired) electrons. The molecule has 0 aliphatic carbocycles. The third kappa shape index (κ3) is 5.38. The lowest BCUT2D eigenvalue weighted by Gasteiger charge is -2.33. The van der Waals surface area contributed by atoms with Gasteiger partial charge in [0, 0.05) is 24.7 Å². The van der Waals surface area contributed by atoms with Crippen LogP contribution in [0.3, 0.4) is 0 Å². The van der Waals surface area contributed by atoms with Crippen LogP contribution in [0.5, 0.6) is 0 Å². The molecule has 4 nitrogen and oxygen atoms in total. The van der Waals surface area contributed by atoms with Crippen molar-refractivity contribution >= 4 is 11.6 Å². The lowest BCUT2D eigenvalue weighted by Crippen LogP contribution is -2.45. The molecule has 1 aromatic carbocycles. The van der Waals surface area contributed by atoms with Gasteiger partial charge < -0.3 is 15.3 Å². The van der Waals surface area contributed by atoms with E-state index < -0.39 is 6.10 Å². The van der Waals surface area contributed by atoms with E-state index in [0.717, 1.165) is 5.69 Å². The van der Waals surface area contributed by atoms with Gasteiger partial charge >= 0.3 is 0 Å². The number of nitrogens with zero attached hydrogens (tertiary/aromatic N) is 1. The normalized spacial score (nSPS) is 13.1. The quantitative estimate of drug-likeness (QED) is 0.810. The third-order valence-electron chi connectivity index (χ3n) is 3.75. The van der Waals surface area contributed by atoms with Crippen LogP contribution in [0.1, 0.15) is 27.7 Å². The van der Waals surface area contributed by atoms with Crippen LogP contribution in [-0.2, 0) is 4.79 Å². The molecule has 2 N–H and O–H groups in total. The van der Waals surface area contributed by atoms with Crippen LogP contribution in [0.25, 0.3) is 0 Å². The van der Waals surface area contributed by atoms with E-state index in [1.54, 1.807) is 0 Å². The number of benzene rings is 1. The van der Waals surface area contributed by atoms with Crippen molar-refractivity contribution in [1.29, 1.82) is 0 Å². The molecule has 1 amide bonds. The number of anilines is 1. The van der Waals surface area contributed by atoms with Crippen LogP contribution >= 0.6 is 0 Å². The summed E-state index contributed by atoms with van der Waals surface area (Å²) in [7, 11) is 1.89. The van der Waals surface area contributed by atoms with Crippen LogP contribution in [0.4, 0.5) is 5.69 Å². The van der Waals surface area contributed by atoms with E-state index in [0.29, 0.717) is 13.1 Å². The minimum atomic E-state index is -0.440. The summed E-state index contributed by atoms with van der Waals surface area (Å²) in [6.45, 7) is 8.68. The van der Waals surface area contributed by atoms with Gasteiger partial charge in [0.2, 0.25) is 5.91 Å². The number of para-hydroxylation sites is 1. The Hall–Kier alpha value is -1.55. The van der Waals surface area contributed by atoms with E-state index >= 15 is 0 Å². The second-order valence-electron chi connectivity index (χ2n) is 6.65. The molecule has 1 atom stereocenters. The van der Waals surface area contributed by atoms with E-state index in [2.05, 4.69) is 5.32 Å². The number of hydrogen-bond acceptors (Lipinski definition) is 3. The molecule has 0 saturated carbocycles. The maximum absolute atomic E-state index is 12.0. The van der Waals surface area contributed by atoms with Crippen molar-refractivity contribution in [1.82, 2.24) is 5.32 Å². The Kier molecular flexibility index (Phi) is 6.21. The first-order valence-electron chi connectivity index (χ1n) is 7.45. The van der Waals surface area contributed by atoms with E-state index in [1.807, 2.05) is 70.0 Å². The number of aliphatic hydroxyl groups excluding tert-OH is 1. The fraction of sp³-hybridized carbons (Fsp3) is 0.588. The van der Waals surface area contributed by atoms with Gasteiger partial charge in [-0.25, -0.2) is 0 Å². The summed E-state index contributed by atoms with van der Waals surface area (Å²) in [5.74, 6) is 0.134. The standard InChI is InChI=1S/C17H28N2O2/c1-13(2)16(21)17(3,4)12-18-15(20)11-19(5)14-9-7-6-8-10-14/h6-10,13,16,21H,11-12H2,1-5H3,(H,18,20). The molecule has 0 aliphatic heterocycles. The van der Waals surface area contributed by atoms with Crippen molar-refractivity contribution < 1.29 is 9.90 Å². The highest BCUT2D eigenvalue weighted by Gasteiger charge is 2.30. The number of aliphatic hydroxyl groups is 1. The van der Waals surface area contributed by atoms with E-state index in [-0.39, 0.29) is 17.2 Å². The largest absolute Gasteiger partial charge is 0.392 e. The molecule has 1 unspecified atom stereocenters. The Morgan fingerprint density at radius 3 is 2.38 bits per heavy atom. The number of carbonyl (C=O) groups excluding carboxylic acids is 1. The zero-order valence-electron chi connectivity index (χ0n) is 13.8. The molecular weight excluding hydrogens is 264 g/mol. The van der Waals surface area contributed by atoms with Gasteiger partial charge in [0.15, 0.2) is 0 Å². The molecule has 0 fully saturated rings. The van der Waals surface area contributed by atoms with E-state index in [4.69, 9.17) is 0 Å². The first-order valence-corrected chi connectivity index (χ1v) is 7.45. The molecule has 1 rings (SSSR count). The Balaban J connectivity index is 2.48. The van der Waals surface area contributed by atoms with Crippen molar-refractivity contribution in [3.8, 4) is 0 Å². The predicted octanol–water partition coefficient (Wildman–Crippen LogP) is 2.28. The number of nitrogens with one attached hydrogen (secondary N) is 1. The van der Waals surface area contributed by atoms with Gasteiger partial charge in [-0.05, 0) is 18.1 Å². The minimum Gasteiger partial charge on any atom is -0.392 e. The lowest BCUT2D eigenvalue weighted by atomic mass is 9.81. The first kappa shape index (κ1) is 17.5. The molecule has 0 saturated heterocycles. The van der Waals surface area contributed by atoms with Crippen molar-refractivity contribution in [2.24, 2.45) is 11.3 Å². The van der Waals surface area contributed by atoms with Crippen LogP contribution in [0.15, 0.2) is 30.3 Å². The Bertz CT molecular complexity index is 443. The molecule has 1 aromatic rings. The average molecular weight is 292 g/mol. The third-order valence-corrected chi connectivity index (χ3v) is 3.75. The summed E-state index contributed by atoms with van der Waals surface area (Å²) >= 11 is 0. The molecule has 0 heterocycles. The van der Waals surface area contributed by atoms with Crippen LogP contribution in [0.2, 0.25) is 0 Å². The minimum absolute atomic E-state index is 0.0367. The van der Waals surface area contributed by atoms with Crippen molar-refractivity contribution in [2.45, 2.75) is 33.8 Å². The molecule has 0 aromatic heterocycles. The number of rotatable bonds is 7. The van der Waals surface area contributed by atoms with E-state index in [9.17, 15) is 9.90 Å². The van der Waals surface area contributed by atoms with Gasteiger partial charge in [0.1, 0.15) is 0 Å². The molecule has 21 heavy (non-hydrogen) atoms. The van der Waals surface area contributed by atoms with Crippen molar-refractivity contribution in [3.63, 3.8) is 0 Å². The number of hydrogen-bond donors (Lipinski definition) is 2. The smallest absolute Gasteiger partial charge is 0.239 e. The fourth-order valence-corrected chi connectivity index (χ4v) is 2.38. The first-order chi connectivity index (χ1) is 9.74. The number of likely N-dealkylation sites (N-methyl/N-ethyl adjacent to an activating group) is 1. The van der Waals surface area contributed by atoms with Gasteiger partial charge in [-0.1, -0.05) is 45.9 Å². The van der Waals surface area contributed by atoms with Gasteiger partial charge in [-0.3, -0.25) is 4.79 Å². The van der Waals surface area contributed by atoms with Gasteiger partial charge in [0.25, 0.3) is 0 Å². The number of amides is 1. The number of carbonyl (C=O) groups is 1. The fourth-order valence-electron chi connectivity index (χ4n) is 2.38. The molecular formula is C17H28N2O2. The van der Waals surface area contributed by atoms with Crippen LogP contribution in [0, 0.1) is 11.3 Å². The van der Waals surface area contributed by atoms with Gasteiger partial charge in [-0.15, -0.1) is 0 Å². The van der Waals surface area contributed by atoms with E-state index in [1.165, 1.54) is 0 Å². The molecule has 0 bridgehead atoms. The molecule has 0 aliphatic rings. The highest BCUT2D eigenvalue weighted by atomic mass is 16.3. The monoisotopic (exact) mass is 292 g/mol. The Morgan fingerprint density at radius 2 is 1.86 bits per heavy atom. The maximum Gasteiger partial charge on any atom is 0.239 e. The zero-order valence-corrected chi connectivity index (χ0v) is 13.8. The van der Waals surface area contributed by atoms with Crippen molar-refractivity contribution in [3.05, 3.63) is 30.3 Å². The predicted molar refractivity (Wildman–Crippen MR) is 87.3 cm³/mol. The second kappa shape index (κ2) is 7.46. The maximum atomic E-state index is 12.0. The van der Waals surface area contributed by atoms with Gasteiger partial charge in [0.05, 0.1) is 12.6 Å². The Morgan fingerprint density at radius 1 is 1.29 bits per heavy atom. The van der Waals surface area contributed by atoms with Crippen LogP contribution < -0.4 is 10.2 Å². The summed E-state index contributed by atoms with van der Waals surface area (Å²) in [4.78, 5) is 13.9. The lowest BCUT2D eigenvalue weighted by molar-refractivity contribution is -0.120. The summed E-state index contributed by atoms with van der Waals surface area (Å²) in [5, 5.41) is 13.1. The average Bonchev–Trinajstić information content (AvgIpc) is 2.45. The zero-order chi connectivity index (χ0) is 16.0. The molecule has 0 spiro atoms. The summed E-state index contributed by atoms with van der Waals surface area (Å²) in [6, 6.07) is 9.80. The molecule has 118 valence electrons. The highest BCUT2D eigenvalue weighted by Crippen LogP contribution is 2.25. The second-order valence-corrected chi connectivity index (χ2v) is 6.65. The summed E-state index contributed by atoms with van der Waals surface area (Å²) < 4.78 is 0.